The van der Waals surface area contributed by atoms with Crippen LogP contribution in [0.5, 0.6) is 0 Å². The standard InChI is InChI=1S/C19H14F4N4O/c1-11-10-16(17(28)25-14-8-4-13(20)5-9-14)27-18(24-11)26-15-6-2-12(3-7-15)19(21,22)23/h2-10H,1H3,(H,25,28)(H,24,26,27). The SMILES string of the molecule is Cc1cc(C(=O)Nc2ccc(F)cc2)nc(Nc2ccc(C(F)(F)F)cc2)n1. The minimum Gasteiger partial charge on any atom is -0.324 e. The third-order valence-electron chi connectivity index (χ3n) is 3.66. The molecule has 2 aromatic carbocycles. The van der Waals surface area contributed by atoms with Crippen LogP contribution in [0.15, 0.2) is 54.6 Å². The van der Waals surface area contributed by atoms with Crippen LogP contribution in [0.4, 0.5) is 34.9 Å². The summed E-state index contributed by atoms with van der Waals surface area (Å²) in [7, 11) is 0. The van der Waals surface area contributed by atoms with E-state index in [9.17, 15) is 22.4 Å². The molecule has 144 valence electrons. The van der Waals surface area contributed by atoms with Crippen molar-refractivity contribution in [3.63, 3.8) is 0 Å². The average molecular weight is 390 g/mol. The molecule has 1 heterocycles. The highest BCUT2D eigenvalue weighted by molar-refractivity contribution is 6.03. The molecule has 0 unspecified atom stereocenters. The number of benzene rings is 2. The molecular weight excluding hydrogens is 376 g/mol. The van der Waals surface area contributed by atoms with E-state index in [0.717, 1.165) is 12.1 Å². The predicted octanol–water partition coefficient (Wildman–Crippen LogP) is 4.94. The lowest BCUT2D eigenvalue weighted by molar-refractivity contribution is -0.137. The van der Waals surface area contributed by atoms with Crippen LogP contribution in [0.2, 0.25) is 0 Å². The van der Waals surface area contributed by atoms with Gasteiger partial charge in [0.25, 0.3) is 5.91 Å². The number of halogens is 4. The molecule has 3 aromatic rings. The molecule has 0 aliphatic rings. The smallest absolute Gasteiger partial charge is 0.324 e. The molecule has 2 N–H and O–H groups in total. The first-order chi connectivity index (χ1) is 13.2. The van der Waals surface area contributed by atoms with Crippen molar-refractivity contribution in [3.8, 4) is 0 Å². The Morgan fingerprint density at radius 2 is 1.54 bits per heavy atom. The van der Waals surface area contributed by atoms with Gasteiger partial charge in [0.1, 0.15) is 11.5 Å². The highest BCUT2D eigenvalue weighted by Crippen LogP contribution is 2.30. The average Bonchev–Trinajstić information content (AvgIpc) is 2.63. The maximum Gasteiger partial charge on any atom is 0.416 e. The van der Waals surface area contributed by atoms with Gasteiger partial charge in [-0.1, -0.05) is 0 Å². The molecule has 0 bridgehead atoms. The van der Waals surface area contributed by atoms with Crippen molar-refractivity contribution in [1.82, 2.24) is 9.97 Å². The molecule has 0 atom stereocenters. The molecule has 0 saturated carbocycles. The molecular formula is C19H14F4N4O. The summed E-state index contributed by atoms with van der Waals surface area (Å²) in [6.45, 7) is 1.65. The number of anilines is 3. The second kappa shape index (κ2) is 7.63. The fourth-order valence-corrected chi connectivity index (χ4v) is 2.34. The lowest BCUT2D eigenvalue weighted by Crippen LogP contribution is -2.15. The number of aryl methyl sites for hydroxylation is 1. The van der Waals surface area contributed by atoms with Gasteiger partial charge < -0.3 is 10.6 Å². The van der Waals surface area contributed by atoms with Crippen molar-refractivity contribution in [1.29, 1.82) is 0 Å². The minimum atomic E-state index is -4.43. The van der Waals surface area contributed by atoms with Gasteiger partial charge in [-0.2, -0.15) is 13.2 Å². The molecule has 0 aliphatic heterocycles. The van der Waals surface area contributed by atoms with Gasteiger partial charge in [0, 0.05) is 17.1 Å². The zero-order chi connectivity index (χ0) is 20.3. The van der Waals surface area contributed by atoms with Crippen molar-refractivity contribution < 1.29 is 22.4 Å². The summed E-state index contributed by atoms with van der Waals surface area (Å²) < 4.78 is 50.8. The molecule has 0 saturated heterocycles. The van der Waals surface area contributed by atoms with E-state index in [4.69, 9.17) is 0 Å². The normalized spacial score (nSPS) is 11.2. The van der Waals surface area contributed by atoms with Crippen LogP contribution in [0.25, 0.3) is 0 Å². The van der Waals surface area contributed by atoms with Crippen LogP contribution in [-0.4, -0.2) is 15.9 Å². The Hall–Kier alpha value is -3.49. The Kier molecular flexibility index (Phi) is 5.25. The van der Waals surface area contributed by atoms with Gasteiger partial charge in [-0.3, -0.25) is 4.79 Å². The van der Waals surface area contributed by atoms with E-state index in [-0.39, 0.29) is 11.6 Å². The maximum absolute atomic E-state index is 12.9. The Labute approximate surface area is 157 Å². The summed E-state index contributed by atoms with van der Waals surface area (Å²) in [6, 6.07) is 11.0. The monoisotopic (exact) mass is 390 g/mol. The number of hydrogen-bond donors (Lipinski definition) is 2. The van der Waals surface area contributed by atoms with E-state index in [2.05, 4.69) is 20.6 Å². The topological polar surface area (TPSA) is 66.9 Å². The molecule has 1 aromatic heterocycles. The Bertz CT molecular complexity index is 986. The number of nitrogens with one attached hydrogen (secondary N) is 2. The summed E-state index contributed by atoms with van der Waals surface area (Å²) in [6.07, 6.45) is -4.43. The molecule has 0 spiro atoms. The minimum absolute atomic E-state index is 0.0474. The van der Waals surface area contributed by atoms with Crippen molar-refractivity contribution in [3.05, 3.63) is 77.4 Å². The van der Waals surface area contributed by atoms with Gasteiger partial charge >= 0.3 is 6.18 Å². The molecule has 0 aliphatic carbocycles. The van der Waals surface area contributed by atoms with E-state index in [1.165, 1.54) is 42.5 Å². The first-order valence-electron chi connectivity index (χ1n) is 8.07. The lowest BCUT2D eigenvalue weighted by atomic mass is 10.2. The predicted molar refractivity (Wildman–Crippen MR) is 95.8 cm³/mol. The number of rotatable bonds is 4. The van der Waals surface area contributed by atoms with Crippen LogP contribution in [0, 0.1) is 12.7 Å². The van der Waals surface area contributed by atoms with E-state index < -0.39 is 23.5 Å². The quantitative estimate of drug-likeness (QED) is 0.620. The van der Waals surface area contributed by atoms with Gasteiger partial charge in [0.2, 0.25) is 5.95 Å². The number of carbonyl (C=O) groups is 1. The molecule has 9 heteroatoms. The first-order valence-corrected chi connectivity index (χ1v) is 8.07. The summed E-state index contributed by atoms with van der Waals surface area (Å²) in [5, 5.41) is 5.35. The Morgan fingerprint density at radius 1 is 0.929 bits per heavy atom. The van der Waals surface area contributed by atoms with E-state index >= 15 is 0 Å². The zero-order valence-electron chi connectivity index (χ0n) is 14.5. The molecule has 3 rings (SSSR count). The van der Waals surface area contributed by atoms with E-state index in [1.807, 2.05) is 0 Å². The second-order valence-electron chi connectivity index (χ2n) is 5.88. The number of carbonyl (C=O) groups excluding carboxylic acids is 1. The fourth-order valence-electron chi connectivity index (χ4n) is 2.34. The van der Waals surface area contributed by atoms with Crippen molar-refractivity contribution in [2.24, 2.45) is 0 Å². The van der Waals surface area contributed by atoms with Crippen molar-refractivity contribution >= 4 is 23.2 Å². The van der Waals surface area contributed by atoms with Crippen molar-refractivity contribution in [2.45, 2.75) is 13.1 Å². The Balaban J connectivity index is 1.77. The number of nitrogens with zero attached hydrogens (tertiary/aromatic N) is 2. The maximum atomic E-state index is 12.9. The van der Waals surface area contributed by atoms with Gasteiger partial charge in [0.05, 0.1) is 5.56 Å². The van der Waals surface area contributed by atoms with Gasteiger partial charge in [-0.05, 0) is 61.5 Å². The summed E-state index contributed by atoms with van der Waals surface area (Å²) in [4.78, 5) is 20.6. The largest absolute Gasteiger partial charge is 0.416 e. The second-order valence-corrected chi connectivity index (χ2v) is 5.88. The van der Waals surface area contributed by atoms with Crippen LogP contribution >= 0.6 is 0 Å². The molecule has 5 nitrogen and oxygen atoms in total. The van der Waals surface area contributed by atoms with E-state index in [1.54, 1.807) is 6.92 Å². The molecule has 1 amide bonds. The zero-order valence-corrected chi connectivity index (χ0v) is 14.5. The van der Waals surface area contributed by atoms with Crippen LogP contribution in [0.3, 0.4) is 0 Å². The van der Waals surface area contributed by atoms with Gasteiger partial charge in [-0.15, -0.1) is 0 Å². The van der Waals surface area contributed by atoms with Gasteiger partial charge in [0.15, 0.2) is 0 Å². The van der Waals surface area contributed by atoms with Crippen LogP contribution in [0.1, 0.15) is 21.7 Å². The number of aromatic nitrogens is 2. The third-order valence-corrected chi connectivity index (χ3v) is 3.66. The molecule has 0 radical (unpaired) electrons. The van der Waals surface area contributed by atoms with E-state index in [0.29, 0.717) is 17.1 Å². The molecule has 28 heavy (non-hydrogen) atoms. The van der Waals surface area contributed by atoms with Crippen LogP contribution in [-0.2, 0) is 6.18 Å². The van der Waals surface area contributed by atoms with Crippen molar-refractivity contribution in [2.75, 3.05) is 10.6 Å². The lowest BCUT2D eigenvalue weighted by Gasteiger charge is -2.10. The highest BCUT2D eigenvalue weighted by Gasteiger charge is 2.29. The van der Waals surface area contributed by atoms with Gasteiger partial charge in [-0.25, -0.2) is 14.4 Å². The third kappa shape index (κ3) is 4.81. The first kappa shape index (κ1) is 19.3. The number of amides is 1. The number of hydrogen-bond acceptors (Lipinski definition) is 4. The van der Waals surface area contributed by atoms with Crippen LogP contribution < -0.4 is 10.6 Å². The summed E-state index contributed by atoms with van der Waals surface area (Å²) in [5.41, 5.74) is 0.478. The summed E-state index contributed by atoms with van der Waals surface area (Å²) >= 11 is 0. The molecule has 0 fully saturated rings. The Morgan fingerprint density at radius 3 is 2.14 bits per heavy atom. The highest BCUT2D eigenvalue weighted by atomic mass is 19.4. The summed E-state index contributed by atoms with van der Waals surface area (Å²) in [5.74, 6) is -0.907. The fraction of sp³-hybridized carbons (Fsp3) is 0.105. The number of alkyl halides is 3.